The molecule has 0 aliphatic carbocycles. The van der Waals surface area contributed by atoms with E-state index in [-0.39, 0.29) is 29.4 Å². The van der Waals surface area contributed by atoms with Crippen LogP contribution in [0.1, 0.15) is 34.7 Å². The Morgan fingerprint density at radius 3 is 2.41 bits per heavy atom. The molecule has 2 atom stereocenters. The number of benzene rings is 2. The van der Waals surface area contributed by atoms with E-state index in [0.29, 0.717) is 16.8 Å². The van der Waals surface area contributed by atoms with Gasteiger partial charge in [0, 0.05) is 29.3 Å². The molecule has 0 radical (unpaired) electrons. The molecule has 0 bridgehead atoms. The number of likely N-dealkylation sites (N-methyl/N-ethyl adjacent to an activating group) is 1. The fourth-order valence-electron chi connectivity index (χ4n) is 3.01. The summed E-state index contributed by atoms with van der Waals surface area (Å²) in [7, 11) is 6.88. The summed E-state index contributed by atoms with van der Waals surface area (Å²) in [5.41, 5.74) is 2.63. The lowest BCUT2D eigenvalue weighted by atomic mass is 9.98. The zero-order chi connectivity index (χ0) is 24.1. The van der Waals surface area contributed by atoms with Crippen LogP contribution in [0.2, 0.25) is 0 Å². The number of carbonyl (C=O) groups excluding carboxylic acids is 1. The largest absolute Gasteiger partial charge is 0.398 e. The lowest BCUT2D eigenvalue weighted by Gasteiger charge is -2.19. The lowest BCUT2D eigenvalue weighted by molar-refractivity contribution is -0.117. The monoisotopic (exact) mass is 593 g/mol. The van der Waals surface area contributed by atoms with Crippen molar-refractivity contribution in [3.05, 3.63) is 70.0 Å². The predicted octanol–water partition coefficient (Wildman–Crippen LogP) is 5.06. The van der Waals surface area contributed by atoms with Gasteiger partial charge in [-0.25, -0.2) is 8.78 Å². The minimum Gasteiger partial charge on any atom is -0.398 e. The van der Waals surface area contributed by atoms with Crippen molar-refractivity contribution < 1.29 is 23.3 Å². The van der Waals surface area contributed by atoms with E-state index in [1.165, 1.54) is 22.4 Å². The molecule has 0 saturated heterocycles. The first-order chi connectivity index (χ1) is 15.0. The van der Waals surface area contributed by atoms with Gasteiger partial charge in [-0.2, -0.15) is 0 Å². The van der Waals surface area contributed by atoms with Gasteiger partial charge < -0.3 is 9.68 Å². The van der Waals surface area contributed by atoms with Gasteiger partial charge in [-0.3, -0.25) is 7.91 Å². The molecule has 2 aromatic carbocycles. The van der Waals surface area contributed by atoms with Crippen LogP contribution in [0, 0.1) is 12.7 Å². The molecule has 2 rings (SSSR count). The third-order valence-electron chi connectivity index (χ3n) is 4.53. The highest BCUT2D eigenvalue weighted by molar-refractivity contribution is 14.1. The Kier molecular flexibility index (Phi) is 9.49. The summed E-state index contributed by atoms with van der Waals surface area (Å²) in [6, 6.07) is 9.64. The van der Waals surface area contributed by atoms with Gasteiger partial charge in [0.2, 0.25) is 0 Å². The number of nitrogens with zero attached hydrogens (tertiary/aromatic N) is 3. The summed E-state index contributed by atoms with van der Waals surface area (Å²) < 4.78 is 30.2. The second-order valence-electron chi connectivity index (χ2n) is 6.89. The lowest BCUT2D eigenvalue weighted by Crippen LogP contribution is -2.28. The summed E-state index contributed by atoms with van der Waals surface area (Å²) in [5, 5.41) is 5.91. The molecule has 0 spiro atoms. The normalized spacial score (nSPS) is 12.5. The summed E-state index contributed by atoms with van der Waals surface area (Å²) in [5.74, 6) is -1.03. The minimum absolute atomic E-state index is 0.00743. The Morgan fingerprint density at radius 2 is 1.81 bits per heavy atom. The van der Waals surface area contributed by atoms with Crippen LogP contribution < -0.4 is 0 Å². The smallest absolute Gasteiger partial charge is 0.284 e. The molecule has 172 valence electrons. The maximum absolute atomic E-state index is 14.5. The van der Waals surface area contributed by atoms with Gasteiger partial charge in [0.05, 0.1) is 28.6 Å². The van der Waals surface area contributed by atoms with Crippen LogP contribution in [0.3, 0.4) is 0 Å². The molecule has 0 fully saturated rings. The molecule has 2 unspecified atom stereocenters. The molecule has 0 aliphatic rings. The van der Waals surface area contributed by atoms with E-state index in [1.54, 1.807) is 32.2 Å². The van der Waals surface area contributed by atoms with E-state index >= 15 is 0 Å². The van der Waals surface area contributed by atoms with Gasteiger partial charge in [-0.1, -0.05) is 59.1 Å². The summed E-state index contributed by atoms with van der Waals surface area (Å²) in [6.45, 7) is 3.48. The second-order valence-corrected chi connectivity index (χ2v) is 10.7. The predicted molar refractivity (Wildman–Crippen MR) is 137 cm³/mol. The molecular weight excluding hydrogens is 569 g/mol. The Hall–Kier alpha value is -1.70. The van der Waals surface area contributed by atoms with Crippen LogP contribution in [0.5, 0.6) is 0 Å². The van der Waals surface area contributed by atoms with Crippen LogP contribution in [0.15, 0.2) is 46.7 Å². The first-order valence-corrected chi connectivity index (χ1v) is 11.5. The van der Waals surface area contributed by atoms with Gasteiger partial charge in [-0.15, -0.1) is 0 Å². The van der Waals surface area contributed by atoms with Gasteiger partial charge in [0.15, 0.2) is 10.9 Å². The van der Waals surface area contributed by atoms with Crippen LogP contribution >= 0.6 is 41.3 Å². The number of oxime groups is 2. The van der Waals surface area contributed by atoms with Gasteiger partial charge in [0.1, 0.15) is 19.5 Å². The van der Waals surface area contributed by atoms with E-state index in [0.717, 1.165) is 5.56 Å². The standard InChI is InChI=1S/C21H24F2IN3O3P2/c1-12-7-5-9-15(19(26-29-4)20(28)27(3)24)16(12)11-30-25-13(2)14-8-6-10-17(22)18(14)21(23,31)32/h5-10H,11,31-32H2,1-4H3/b25-13+,26-19+. The van der Waals surface area contributed by atoms with E-state index in [4.69, 9.17) is 9.68 Å². The number of halogens is 3. The van der Waals surface area contributed by atoms with Crippen molar-refractivity contribution in [2.75, 3.05) is 14.2 Å². The maximum Gasteiger partial charge on any atom is 0.284 e. The SMILES string of the molecule is CO/N=C(/C(=O)N(C)I)c1cccc(C)c1CO/N=C(\C)c1cccc(F)c1C(F)(P)P. The summed E-state index contributed by atoms with van der Waals surface area (Å²) in [6.07, 6.45) is 0. The van der Waals surface area contributed by atoms with Crippen LogP contribution in [-0.2, 0) is 26.2 Å². The van der Waals surface area contributed by atoms with Crippen molar-refractivity contribution in [2.45, 2.75) is 25.6 Å². The molecule has 11 heteroatoms. The zero-order valence-corrected chi connectivity index (χ0v) is 22.5. The van der Waals surface area contributed by atoms with Crippen molar-refractivity contribution in [1.29, 1.82) is 0 Å². The Bertz CT molecular complexity index is 1060. The fourth-order valence-corrected chi connectivity index (χ4v) is 3.83. The van der Waals surface area contributed by atoms with E-state index in [9.17, 15) is 13.6 Å². The van der Waals surface area contributed by atoms with Crippen molar-refractivity contribution in [3.8, 4) is 0 Å². The number of hydrogen-bond acceptors (Lipinski definition) is 5. The number of aryl methyl sites for hydroxylation is 1. The number of amides is 1. The van der Waals surface area contributed by atoms with Crippen molar-refractivity contribution in [2.24, 2.45) is 10.3 Å². The summed E-state index contributed by atoms with van der Waals surface area (Å²) >= 11 is 1.86. The molecule has 32 heavy (non-hydrogen) atoms. The third-order valence-corrected chi connectivity index (χ3v) is 5.54. The second kappa shape index (κ2) is 11.4. The minimum atomic E-state index is -2.06. The Labute approximate surface area is 204 Å². The third kappa shape index (κ3) is 6.42. The summed E-state index contributed by atoms with van der Waals surface area (Å²) in [4.78, 5) is 23.0. The first kappa shape index (κ1) is 26.6. The van der Waals surface area contributed by atoms with E-state index in [2.05, 4.69) is 10.3 Å². The zero-order valence-electron chi connectivity index (χ0n) is 18.0. The molecule has 2 aromatic rings. The molecule has 0 saturated carbocycles. The first-order valence-electron chi connectivity index (χ1n) is 9.35. The van der Waals surface area contributed by atoms with Crippen LogP contribution in [-0.4, -0.2) is 34.6 Å². The number of alkyl halides is 1. The highest BCUT2D eigenvalue weighted by Crippen LogP contribution is 2.43. The van der Waals surface area contributed by atoms with Gasteiger partial charge in [-0.05, 0) is 25.5 Å². The topological polar surface area (TPSA) is 63.5 Å². The Morgan fingerprint density at radius 1 is 1.19 bits per heavy atom. The maximum atomic E-state index is 14.5. The van der Waals surface area contributed by atoms with Gasteiger partial charge in [0.25, 0.3) is 5.91 Å². The molecule has 1 amide bonds. The Balaban J connectivity index is 2.39. The quantitative estimate of drug-likeness (QED) is 0.141. The van der Waals surface area contributed by atoms with Crippen LogP contribution in [0.25, 0.3) is 0 Å². The molecule has 6 nitrogen and oxygen atoms in total. The fraction of sp³-hybridized carbons (Fsp3) is 0.286. The molecule has 0 aromatic heterocycles. The van der Waals surface area contributed by atoms with E-state index < -0.39 is 11.0 Å². The molecular formula is C21H24F2IN3O3P2. The van der Waals surface area contributed by atoms with Gasteiger partial charge >= 0.3 is 0 Å². The van der Waals surface area contributed by atoms with Crippen molar-refractivity contribution in [1.82, 2.24) is 3.11 Å². The van der Waals surface area contributed by atoms with Crippen molar-refractivity contribution >= 4 is 58.7 Å². The molecule has 0 heterocycles. The average molecular weight is 593 g/mol. The van der Waals surface area contributed by atoms with E-state index in [1.807, 2.05) is 54.3 Å². The van der Waals surface area contributed by atoms with Crippen molar-refractivity contribution in [3.63, 3.8) is 0 Å². The highest BCUT2D eigenvalue weighted by atomic mass is 127. The molecule has 0 N–H and O–H groups in total. The average Bonchev–Trinajstić information content (AvgIpc) is 2.71. The number of carbonyl (C=O) groups is 1. The van der Waals surface area contributed by atoms with Crippen LogP contribution in [0.4, 0.5) is 8.78 Å². The number of rotatable bonds is 8. The molecule has 0 aliphatic heterocycles. The number of hydrogen-bond donors (Lipinski definition) is 0. The highest BCUT2D eigenvalue weighted by Gasteiger charge is 2.28.